The summed E-state index contributed by atoms with van der Waals surface area (Å²) in [5, 5.41) is 2.25. The highest BCUT2D eigenvalue weighted by Crippen LogP contribution is 2.37. The monoisotopic (exact) mass is 649 g/mol. The molecule has 3 atom stereocenters. The summed E-state index contributed by atoms with van der Waals surface area (Å²) in [6.07, 6.45) is 3.14. The number of hydrogen-bond donors (Lipinski definition) is 0. The van der Waals surface area contributed by atoms with Gasteiger partial charge in [0.05, 0.1) is 5.39 Å². The van der Waals surface area contributed by atoms with Crippen molar-refractivity contribution in [3.8, 4) is 17.3 Å². The zero-order chi connectivity index (χ0) is 32.4. The van der Waals surface area contributed by atoms with E-state index < -0.39 is 24.7 Å². The zero-order valence-corrected chi connectivity index (χ0v) is 25.8. The maximum Gasteiger partial charge on any atom is 0.319 e. The van der Waals surface area contributed by atoms with E-state index in [4.69, 9.17) is 22.9 Å². The molecule has 13 heteroatoms. The molecule has 6 rings (SSSR count). The third kappa shape index (κ3) is 6.17. The number of rotatable bonds is 8. The van der Waals surface area contributed by atoms with E-state index >= 15 is 4.39 Å². The first-order valence-corrected chi connectivity index (χ1v) is 15.3. The van der Waals surface area contributed by atoms with Crippen LogP contribution < -0.4 is 9.64 Å². The second-order valence-electron chi connectivity index (χ2n) is 11.4. The first-order chi connectivity index (χ1) is 22.3. The number of pyridine rings is 1. The Kier molecular flexibility index (Phi) is 9.24. The maximum absolute atomic E-state index is 16.6. The fraction of sp³-hybridized carbons (Fsp3) is 0.364. The number of ether oxygens (including phenoxy) is 1. The third-order valence-corrected chi connectivity index (χ3v) is 8.83. The van der Waals surface area contributed by atoms with Gasteiger partial charge in [0.2, 0.25) is 12.5 Å². The third-order valence-electron chi connectivity index (χ3n) is 8.51. The van der Waals surface area contributed by atoms with Gasteiger partial charge in [0.15, 0.2) is 5.82 Å². The summed E-state index contributed by atoms with van der Waals surface area (Å²) in [5.74, 6) is -0.748. The van der Waals surface area contributed by atoms with Crippen LogP contribution in [0.15, 0.2) is 54.7 Å². The van der Waals surface area contributed by atoms with E-state index in [2.05, 4.69) is 19.8 Å². The molecule has 0 saturated carbocycles. The Balaban J connectivity index is 1.43. The molecule has 4 heterocycles. The second kappa shape index (κ2) is 13.5. The molecule has 2 aliphatic heterocycles. The van der Waals surface area contributed by atoms with E-state index in [1.54, 1.807) is 18.2 Å². The topological polar surface area (TPSA) is 79.1 Å². The standard InChI is InChI=1S/C33H31ClF3N7O2/c1-38-15-23-18-43(12-13-44(23)27(45)10-5-11-35)32-25-16-39-30(24-8-3-6-20-7-4-9-26(34)28(20)24)29(37)31(25)40-33(41-32)46-19-22-14-21(36)17-42(22)2/h3-10,16,21-23H,11-15,17-19H2,2H3/b10-5+/t21-,22+,23+/m1/s1. The Hall–Kier alpha value is -4.47. The lowest BCUT2D eigenvalue weighted by atomic mass is 10.0. The molecule has 0 spiro atoms. The minimum absolute atomic E-state index is 0.00902. The highest BCUT2D eigenvalue weighted by atomic mass is 35.5. The van der Waals surface area contributed by atoms with Crippen molar-refractivity contribution >= 4 is 45.0 Å². The van der Waals surface area contributed by atoms with Gasteiger partial charge in [-0.2, -0.15) is 9.97 Å². The number of carbonyl (C=O) groups is 1. The van der Waals surface area contributed by atoms with E-state index in [0.717, 1.165) is 11.5 Å². The number of nitrogens with zero attached hydrogens (tertiary/aromatic N) is 7. The first kappa shape index (κ1) is 31.5. The fourth-order valence-electron chi connectivity index (χ4n) is 6.23. The van der Waals surface area contributed by atoms with Crippen molar-refractivity contribution < 1.29 is 22.7 Å². The number of likely N-dealkylation sites (N-methyl/N-ethyl adjacent to an activating group) is 1. The molecule has 0 bridgehead atoms. The molecule has 46 heavy (non-hydrogen) atoms. The van der Waals surface area contributed by atoms with Gasteiger partial charge in [-0.25, -0.2) is 19.7 Å². The lowest BCUT2D eigenvalue weighted by molar-refractivity contribution is -0.128. The zero-order valence-electron chi connectivity index (χ0n) is 25.0. The van der Waals surface area contributed by atoms with Gasteiger partial charge in [0, 0.05) is 60.5 Å². The SMILES string of the molecule is [C-]#[N+]C[C@H]1CN(c2nc(OC[C@@H]3C[C@@H](F)CN3C)nc3c(F)c(-c4cccc5cccc(Cl)c45)ncc23)CCN1C(=O)/C=C/CF. The van der Waals surface area contributed by atoms with Gasteiger partial charge in [-0.1, -0.05) is 41.9 Å². The predicted molar refractivity (Wildman–Crippen MR) is 171 cm³/mol. The van der Waals surface area contributed by atoms with Crippen molar-refractivity contribution in [1.29, 1.82) is 0 Å². The Morgan fingerprint density at radius 2 is 1.98 bits per heavy atom. The van der Waals surface area contributed by atoms with E-state index in [0.29, 0.717) is 46.7 Å². The smallest absolute Gasteiger partial charge is 0.319 e. The fourth-order valence-corrected chi connectivity index (χ4v) is 6.51. The summed E-state index contributed by atoms with van der Waals surface area (Å²) < 4.78 is 49.4. The minimum atomic E-state index is -0.969. The number of alkyl halides is 2. The van der Waals surface area contributed by atoms with Crippen LogP contribution in [0.5, 0.6) is 6.01 Å². The second-order valence-corrected chi connectivity index (χ2v) is 11.8. The van der Waals surface area contributed by atoms with Crippen molar-refractivity contribution in [3.63, 3.8) is 0 Å². The summed E-state index contributed by atoms with van der Waals surface area (Å²) in [6.45, 7) is 7.82. The Morgan fingerprint density at radius 3 is 2.72 bits per heavy atom. The van der Waals surface area contributed by atoms with Gasteiger partial charge in [-0.3, -0.25) is 14.7 Å². The van der Waals surface area contributed by atoms with Gasteiger partial charge in [-0.15, -0.1) is 0 Å². The number of anilines is 1. The molecule has 1 amide bonds. The predicted octanol–water partition coefficient (Wildman–Crippen LogP) is 5.52. The molecule has 9 nitrogen and oxygen atoms in total. The molecule has 2 aromatic heterocycles. The minimum Gasteiger partial charge on any atom is -0.462 e. The lowest BCUT2D eigenvalue weighted by Gasteiger charge is -2.39. The molecule has 0 aliphatic carbocycles. The van der Waals surface area contributed by atoms with E-state index in [-0.39, 0.29) is 55.4 Å². The number of fused-ring (bicyclic) bond motifs is 2. The quantitative estimate of drug-likeness (QED) is 0.184. The summed E-state index contributed by atoms with van der Waals surface area (Å²) in [5.41, 5.74) is 0.527. The summed E-state index contributed by atoms with van der Waals surface area (Å²) >= 11 is 6.56. The molecule has 0 radical (unpaired) electrons. The van der Waals surface area contributed by atoms with Crippen molar-refractivity contribution in [2.75, 3.05) is 58.0 Å². The maximum atomic E-state index is 16.6. The van der Waals surface area contributed by atoms with Crippen LogP contribution in [0, 0.1) is 12.4 Å². The molecule has 238 valence electrons. The molecule has 0 unspecified atom stereocenters. The number of hydrogen-bond acceptors (Lipinski definition) is 7. The first-order valence-electron chi connectivity index (χ1n) is 14.9. The molecule has 2 aliphatic rings. The van der Waals surface area contributed by atoms with E-state index in [1.165, 1.54) is 17.2 Å². The van der Waals surface area contributed by atoms with Gasteiger partial charge in [0.25, 0.3) is 0 Å². The number of benzene rings is 2. The number of piperazine rings is 1. The lowest BCUT2D eigenvalue weighted by Crippen LogP contribution is -2.56. The normalized spacial score (nSPS) is 20.6. The Labute approximate surface area is 269 Å². The molecular weight excluding hydrogens is 619 g/mol. The molecule has 0 N–H and O–H groups in total. The largest absolute Gasteiger partial charge is 0.462 e. The van der Waals surface area contributed by atoms with Crippen molar-refractivity contribution in [3.05, 3.63) is 77.0 Å². The van der Waals surface area contributed by atoms with Crippen LogP contribution in [0.2, 0.25) is 5.02 Å². The number of amides is 1. The van der Waals surface area contributed by atoms with Crippen molar-refractivity contribution in [1.82, 2.24) is 24.8 Å². The van der Waals surface area contributed by atoms with Crippen LogP contribution in [0.1, 0.15) is 6.42 Å². The van der Waals surface area contributed by atoms with Crippen LogP contribution in [-0.4, -0.2) is 102 Å². The van der Waals surface area contributed by atoms with Crippen LogP contribution in [0.4, 0.5) is 19.0 Å². The van der Waals surface area contributed by atoms with Gasteiger partial charge in [-0.05, 0) is 31.0 Å². The van der Waals surface area contributed by atoms with Crippen LogP contribution in [-0.2, 0) is 4.79 Å². The van der Waals surface area contributed by atoms with E-state index in [1.807, 2.05) is 35.0 Å². The molecule has 2 fully saturated rings. The molecule has 2 saturated heterocycles. The highest BCUT2D eigenvalue weighted by Gasteiger charge is 2.34. The number of likely N-dealkylation sites (tertiary alicyclic amines) is 1. The Bertz CT molecular complexity index is 1850. The summed E-state index contributed by atoms with van der Waals surface area (Å²) in [7, 11) is 1.81. The van der Waals surface area contributed by atoms with Crippen LogP contribution in [0.3, 0.4) is 0 Å². The molecule has 2 aromatic carbocycles. The summed E-state index contributed by atoms with van der Waals surface area (Å²) in [6, 6.07) is 10.1. The average molecular weight is 650 g/mol. The van der Waals surface area contributed by atoms with Crippen molar-refractivity contribution in [2.45, 2.75) is 24.7 Å². The number of allylic oxidation sites excluding steroid dienone is 1. The van der Waals surface area contributed by atoms with Gasteiger partial charge in [0.1, 0.15) is 42.5 Å². The average Bonchev–Trinajstić information content (AvgIpc) is 3.38. The van der Waals surface area contributed by atoms with Gasteiger partial charge < -0.3 is 19.4 Å². The van der Waals surface area contributed by atoms with Crippen LogP contribution >= 0.6 is 11.6 Å². The molecule has 4 aromatic rings. The number of aromatic nitrogens is 3. The summed E-state index contributed by atoms with van der Waals surface area (Å²) in [4.78, 5) is 35.2. The number of halogens is 4. The van der Waals surface area contributed by atoms with E-state index in [9.17, 15) is 13.6 Å². The molecular formula is C33H31ClF3N7O2. The van der Waals surface area contributed by atoms with Crippen LogP contribution in [0.25, 0.3) is 37.8 Å². The van der Waals surface area contributed by atoms with Gasteiger partial charge >= 0.3 is 6.01 Å². The Morgan fingerprint density at radius 1 is 1.17 bits per heavy atom. The highest BCUT2D eigenvalue weighted by molar-refractivity contribution is 6.36. The van der Waals surface area contributed by atoms with Crippen molar-refractivity contribution in [2.24, 2.45) is 0 Å². The number of carbonyl (C=O) groups excluding carboxylic acids is 1.